The van der Waals surface area contributed by atoms with E-state index >= 15 is 0 Å². The van der Waals surface area contributed by atoms with Gasteiger partial charge in [-0.25, -0.2) is 13.8 Å². The van der Waals surface area contributed by atoms with Crippen LogP contribution in [0.1, 0.15) is 64.1 Å². The number of aliphatic hydroxyl groups is 1. The molecule has 0 unspecified atom stereocenters. The largest absolute Gasteiger partial charge is 0.445 e. The molecule has 0 aliphatic rings. The number of aliphatic hydroxyl groups excluding tert-OH is 1. The number of benzene rings is 3. The molecule has 0 fully saturated rings. The molecule has 4 aromatic rings. The summed E-state index contributed by atoms with van der Waals surface area (Å²) in [5.74, 6) is -1.88. The van der Waals surface area contributed by atoms with Crippen LogP contribution in [-0.2, 0) is 13.0 Å². The van der Waals surface area contributed by atoms with Gasteiger partial charge in [-0.15, -0.1) is 0 Å². The highest BCUT2D eigenvalue weighted by Gasteiger charge is 2.26. The molecule has 45 heavy (non-hydrogen) atoms. The Morgan fingerprint density at radius 2 is 1.56 bits per heavy atom. The van der Waals surface area contributed by atoms with Gasteiger partial charge in [0.1, 0.15) is 17.9 Å². The minimum atomic E-state index is -1.23. The van der Waals surface area contributed by atoms with E-state index < -0.39 is 29.7 Å². The van der Waals surface area contributed by atoms with Crippen molar-refractivity contribution >= 4 is 11.8 Å². The number of carbonyl (C=O) groups is 2. The van der Waals surface area contributed by atoms with E-state index in [9.17, 15) is 23.5 Å². The first-order valence-corrected chi connectivity index (χ1v) is 15.2. The summed E-state index contributed by atoms with van der Waals surface area (Å²) in [5, 5.41) is 11.2. The summed E-state index contributed by atoms with van der Waals surface area (Å²) in [7, 11) is 0. The highest BCUT2D eigenvalue weighted by Crippen LogP contribution is 2.24. The molecule has 1 aromatic heterocycles. The van der Waals surface area contributed by atoms with Crippen LogP contribution in [0.25, 0.3) is 11.5 Å². The zero-order valence-corrected chi connectivity index (χ0v) is 25.9. The maximum atomic E-state index is 14.3. The highest BCUT2D eigenvalue weighted by molar-refractivity contribution is 6.01. The number of amides is 2. The lowest BCUT2D eigenvalue weighted by molar-refractivity contribution is 0.0554. The van der Waals surface area contributed by atoms with Crippen LogP contribution in [0.15, 0.2) is 77.5 Å². The predicted octanol–water partition coefficient (Wildman–Crippen LogP) is 5.76. The first-order chi connectivity index (χ1) is 21.6. The lowest BCUT2D eigenvalue weighted by Crippen LogP contribution is -2.46. The number of nitrogens with zero attached hydrogens (tertiary/aromatic N) is 3. The van der Waals surface area contributed by atoms with Crippen LogP contribution >= 0.6 is 0 Å². The van der Waals surface area contributed by atoms with Gasteiger partial charge in [0.25, 0.3) is 11.8 Å². The molecule has 1 heterocycles. The third kappa shape index (κ3) is 9.06. The number of nitrogens with two attached hydrogens (primary N) is 1. The number of aryl methyl sites for hydroxylation is 1. The number of halogens is 2. The average Bonchev–Trinajstić information content (AvgIpc) is 3.54. The van der Waals surface area contributed by atoms with E-state index in [2.05, 4.69) is 4.98 Å². The summed E-state index contributed by atoms with van der Waals surface area (Å²) in [4.78, 5) is 35.3. The minimum Gasteiger partial charge on any atom is -0.445 e. The van der Waals surface area contributed by atoms with E-state index in [1.54, 1.807) is 23.1 Å². The second-order valence-electron chi connectivity index (χ2n) is 11.3. The van der Waals surface area contributed by atoms with Crippen molar-refractivity contribution in [3.63, 3.8) is 0 Å². The third-order valence-corrected chi connectivity index (χ3v) is 7.42. The smallest absolute Gasteiger partial charge is 0.254 e. The number of rotatable bonds is 14. The van der Waals surface area contributed by atoms with Gasteiger partial charge < -0.3 is 25.1 Å². The maximum Gasteiger partial charge on any atom is 0.254 e. The average molecular weight is 619 g/mol. The van der Waals surface area contributed by atoms with Gasteiger partial charge in [0.2, 0.25) is 5.89 Å². The summed E-state index contributed by atoms with van der Waals surface area (Å²) in [6.07, 6.45) is 3.22. The Balaban J connectivity index is 1.69. The Bertz CT molecular complexity index is 1570. The molecular formula is C35H40F2N4O4. The van der Waals surface area contributed by atoms with Crippen molar-refractivity contribution in [1.82, 2.24) is 14.8 Å². The Hall–Kier alpha value is -4.41. The molecule has 3 aromatic carbocycles. The Kier molecular flexibility index (Phi) is 11.6. The third-order valence-electron chi connectivity index (χ3n) is 7.42. The zero-order chi connectivity index (χ0) is 32.5. The van der Waals surface area contributed by atoms with Gasteiger partial charge in [0.05, 0.1) is 12.3 Å². The molecule has 10 heteroatoms. The molecule has 0 spiro atoms. The van der Waals surface area contributed by atoms with Crippen LogP contribution in [0, 0.1) is 18.6 Å². The standard InChI is InChI=1S/C35H40F2N4O4/c1-4-10-40(11-5-2)34(43)27-17-26(33-39-9-12-45-33)18-28(19-27)35(44)41(21-24-8-6-7-23(3)13-24)22-32(42)31(38)16-25-14-29(36)20-30(37)15-25/h6-9,12-15,17-20,31-32,42H,4-5,10-11,16,21-22,38H2,1-3H3/t31-,32+/m0/s1. The van der Waals surface area contributed by atoms with Crippen LogP contribution in [-0.4, -0.2) is 63.5 Å². The number of hydrogen-bond acceptors (Lipinski definition) is 6. The molecule has 0 aliphatic carbocycles. The van der Waals surface area contributed by atoms with Gasteiger partial charge in [-0.05, 0) is 67.6 Å². The van der Waals surface area contributed by atoms with Gasteiger partial charge in [-0.3, -0.25) is 9.59 Å². The lowest BCUT2D eigenvalue weighted by Gasteiger charge is -2.29. The normalized spacial score (nSPS) is 12.5. The quantitative estimate of drug-likeness (QED) is 0.186. The number of carbonyl (C=O) groups excluding carboxylic acids is 2. The molecular weight excluding hydrogens is 578 g/mol. The van der Waals surface area contributed by atoms with E-state index in [1.807, 2.05) is 45.0 Å². The molecule has 4 rings (SSSR count). The maximum absolute atomic E-state index is 14.3. The van der Waals surface area contributed by atoms with Crippen molar-refractivity contribution in [3.05, 3.63) is 113 Å². The SMILES string of the molecule is CCCN(CCC)C(=O)c1cc(C(=O)N(Cc2cccc(C)c2)C[C@@H](O)[C@@H](N)Cc2cc(F)cc(F)c2)cc(-c2ncco2)c1. The van der Waals surface area contributed by atoms with Crippen molar-refractivity contribution in [1.29, 1.82) is 0 Å². The molecule has 0 radical (unpaired) electrons. The van der Waals surface area contributed by atoms with Crippen molar-refractivity contribution in [2.75, 3.05) is 19.6 Å². The molecule has 0 saturated carbocycles. The Morgan fingerprint density at radius 1 is 0.911 bits per heavy atom. The summed E-state index contributed by atoms with van der Waals surface area (Å²) in [5.41, 5.74) is 9.40. The first-order valence-electron chi connectivity index (χ1n) is 15.2. The molecule has 0 bridgehead atoms. The fourth-order valence-electron chi connectivity index (χ4n) is 5.33. The molecule has 2 atom stereocenters. The van der Waals surface area contributed by atoms with Crippen LogP contribution in [0.5, 0.6) is 0 Å². The molecule has 8 nitrogen and oxygen atoms in total. The van der Waals surface area contributed by atoms with E-state index in [1.165, 1.54) is 29.5 Å². The van der Waals surface area contributed by atoms with E-state index in [0.29, 0.717) is 29.8 Å². The lowest BCUT2D eigenvalue weighted by atomic mass is 10.00. The Morgan fingerprint density at radius 3 is 2.13 bits per heavy atom. The van der Waals surface area contributed by atoms with Crippen LogP contribution < -0.4 is 5.73 Å². The van der Waals surface area contributed by atoms with Crippen molar-refractivity contribution in [2.24, 2.45) is 5.73 Å². The predicted molar refractivity (Wildman–Crippen MR) is 168 cm³/mol. The monoisotopic (exact) mass is 618 g/mol. The molecule has 3 N–H and O–H groups in total. The second kappa shape index (κ2) is 15.5. The summed E-state index contributed by atoms with van der Waals surface area (Å²) in [6.45, 7) is 7.04. The summed E-state index contributed by atoms with van der Waals surface area (Å²) >= 11 is 0. The van der Waals surface area contributed by atoms with E-state index in [-0.39, 0.29) is 36.9 Å². The fraction of sp³-hybridized carbons (Fsp3) is 0.343. The topological polar surface area (TPSA) is 113 Å². The number of hydrogen-bond donors (Lipinski definition) is 2. The van der Waals surface area contributed by atoms with E-state index in [0.717, 1.165) is 30.0 Å². The molecule has 0 saturated heterocycles. The van der Waals surface area contributed by atoms with Gasteiger partial charge in [-0.1, -0.05) is 43.7 Å². The van der Waals surface area contributed by atoms with Crippen LogP contribution in [0.2, 0.25) is 0 Å². The van der Waals surface area contributed by atoms with Crippen LogP contribution in [0.3, 0.4) is 0 Å². The van der Waals surface area contributed by atoms with Crippen LogP contribution in [0.4, 0.5) is 8.78 Å². The zero-order valence-electron chi connectivity index (χ0n) is 25.9. The molecule has 238 valence electrons. The van der Waals surface area contributed by atoms with Gasteiger partial charge >= 0.3 is 0 Å². The van der Waals surface area contributed by atoms with Gasteiger partial charge in [-0.2, -0.15) is 0 Å². The van der Waals surface area contributed by atoms with Gasteiger partial charge in [0, 0.05) is 55.0 Å². The van der Waals surface area contributed by atoms with Crippen molar-refractivity contribution < 1.29 is 27.9 Å². The highest BCUT2D eigenvalue weighted by atomic mass is 19.1. The minimum absolute atomic E-state index is 0.00862. The first kappa shape index (κ1) is 33.5. The molecule has 2 amide bonds. The number of aromatic nitrogens is 1. The summed E-state index contributed by atoms with van der Waals surface area (Å²) in [6, 6.07) is 14.6. The fourth-order valence-corrected chi connectivity index (χ4v) is 5.33. The van der Waals surface area contributed by atoms with Gasteiger partial charge in [0.15, 0.2) is 0 Å². The van der Waals surface area contributed by atoms with Crippen molar-refractivity contribution in [2.45, 2.75) is 58.7 Å². The van der Waals surface area contributed by atoms with E-state index in [4.69, 9.17) is 10.2 Å². The molecule has 0 aliphatic heterocycles. The summed E-state index contributed by atoms with van der Waals surface area (Å²) < 4.78 is 33.1. The second-order valence-corrected chi connectivity index (χ2v) is 11.3. The Labute approximate surface area is 262 Å². The van der Waals surface area contributed by atoms with Crippen molar-refractivity contribution in [3.8, 4) is 11.5 Å². The number of oxazole rings is 1.